The highest BCUT2D eigenvalue weighted by Crippen LogP contribution is 2.14. The molecule has 1 unspecified atom stereocenters. The zero-order valence-electron chi connectivity index (χ0n) is 12.2. The molecule has 2 aromatic rings. The zero-order valence-corrected chi connectivity index (χ0v) is 12.2. The van der Waals surface area contributed by atoms with E-state index < -0.39 is 5.97 Å². The molecule has 1 atom stereocenters. The van der Waals surface area contributed by atoms with Gasteiger partial charge < -0.3 is 15.8 Å². The van der Waals surface area contributed by atoms with Crippen LogP contribution in [0.15, 0.2) is 42.6 Å². The van der Waals surface area contributed by atoms with Crippen LogP contribution in [0.3, 0.4) is 0 Å². The summed E-state index contributed by atoms with van der Waals surface area (Å²) in [5.41, 5.74) is 6.89. The van der Waals surface area contributed by atoms with Crippen molar-refractivity contribution in [2.24, 2.45) is 5.73 Å². The number of nitrogens with one attached hydrogen (secondary N) is 1. The first kappa shape index (κ1) is 15.7. The Hall–Kier alpha value is -2.67. The van der Waals surface area contributed by atoms with Crippen LogP contribution in [0.2, 0.25) is 0 Å². The van der Waals surface area contributed by atoms with Crippen molar-refractivity contribution in [3.05, 3.63) is 48.2 Å². The molecule has 1 heterocycles. The first-order valence-electron chi connectivity index (χ1n) is 6.79. The number of hydrogen-bond donors (Lipinski definition) is 2. The molecule has 1 aromatic carbocycles. The van der Waals surface area contributed by atoms with Gasteiger partial charge in [-0.25, -0.2) is 0 Å². The zero-order chi connectivity index (χ0) is 15.9. The third-order valence-electron chi connectivity index (χ3n) is 3.06. The maximum absolute atomic E-state index is 12.0. The molecule has 0 spiro atoms. The highest BCUT2D eigenvalue weighted by Gasteiger charge is 2.13. The van der Waals surface area contributed by atoms with E-state index in [1.165, 1.54) is 11.8 Å². The summed E-state index contributed by atoms with van der Waals surface area (Å²) >= 11 is 0. The normalized spacial score (nSPS) is 11.7. The summed E-state index contributed by atoms with van der Waals surface area (Å²) in [4.78, 5) is 23.1. The minimum Gasteiger partial charge on any atom is -0.468 e. The Balaban J connectivity index is 1.88. The minimum absolute atomic E-state index is 0.00407. The van der Waals surface area contributed by atoms with Gasteiger partial charge in [0.05, 0.1) is 7.11 Å². The van der Waals surface area contributed by atoms with E-state index in [1.807, 2.05) is 30.3 Å². The van der Waals surface area contributed by atoms with E-state index in [0.29, 0.717) is 5.82 Å². The van der Waals surface area contributed by atoms with Crippen molar-refractivity contribution in [1.82, 2.24) is 9.78 Å². The molecular formula is C15H18N4O3. The number of aromatic nitrogens is 2. The van der Waals surface area contributed by atoms with Crippen LogP contribution in [0.5, 0.6) is 0 Å². The molecule has 2 rings (SSSR count). The van der Waals surface area contributed by atoms with Crippen molar-refractivity contribution < 1.29 is 14.3 Å². The molecule has 0 aliphatic carbocycles. The molecule has 1 aromatic heterocycles. The van der Waals surface area contributed by atoms with E-state index in [2.05, 4.69) is 15.2 Å². The lowest BCUT2D eigenvalue weighted by molar-refractivity contribution is -0.141. The van der Waals surface area contributed by atoms with Gasteiger partial charge >= 0.3 is 5.97 Å². The number of methoxy groups -OCH3 is 1. The van der Waals surface area contributed by atoms with E-state index in [4.69, 9.17) is 5.73 Å². The molecule has 1 amide bonds. The highest BCUT2D eigenvalue weighted by atomic mass is 16.5. The van der Waals surface area contributed by atoms with Gasteiger partial charge in [0.25, 0.3) is 0 Å². The summed E-state index contributed by atoms with van der Waals surface area (Å²) in [6.45, 7) is -0.00407. The summed E-state index contributed by atoms with van der Waals surface area (Å²) in [6, 6.07) is 10.6. The van der Waals surface area contributed by atoms with Crippen LogP contribution < -0.4 is 11.1 Å². The van der Waals surface area contributed by atoms with E-state index in [9.17, 15) is 9.59 Å². The smallest absolute Gasteiger partial charge is 0.327 e. The molecule has 116 valence electrons. The molecule has 0 radical (unpaired) electrons. The maximum atomic E-state index is 12.0. The van der Waals surface area contributed by atoms with Gasteiger partial charge in [0.1, 0.15) is 6.54 Å². The quantitative estimate of drug-likeness (QED) is 0.778. The monoisotopic (exact) mass is 302 g/mol. The number of anilines is 1. The third-order valence-corrected chi connectivity index (χ3v) is 3.06. The average Bonchev–Trinajstić information content (AvgIpc) is 2.94. The Morgan fingerprint density at radius 3 is 2.73 bits per heavy atom. The lowest BCUT2D eigenvalue weighted by Crippen LogP contribution is -2.21. The highest BCUT2D eigenvalue weighted by molar-refractivity contribution is 5.90. The van der Waals surface area contributed by atoms with E-state index in [1.54, 1.807) is 12.3 Å². The number of amides is 1. The Labute approximate surface area is 128 Å². The number of benzene rings is 1. The Bertz CT molecular complexity index is 639. The summed E-state index contributed by atoms with van der Waals surface area (Å²) < 4.78 is 5.93. The Morgan fingerprint density at radius 1 is 1.32 bits per heavy atom. The summed E-state index contributed by atoms with van der Waals surface area (Å²) in [5, 5.41) is 6.71. The van der Waals surface area contributed by atoms with Crippen LogP contribution in [0.1, 0.15) is 18.0 Å². The van der Waals surface area contributed by atoms with Crippen molar-refractivity contribution >= 4 is 17.7 Å². The van der Waals surface area contributed by atoms with Crippen molar-refractivity contribution in [2.75, 3.05) is 12.4 Å². The van der Waals surface area contributed by atoms with Gasteiger partial charge in [0.2, 0.25) is 5.91 Å². The summed E-state index contributed by atoms with van der Waals surface area (Å²) in [7, 11) is 1.31. The molecule has 0 fully saturated rings. The molecule has 22 heavy (non-hydrogen) atoms. The predicted octanol–water partition coefficient (Wildman–Crippen LogP) is 1.08. The van der Waals surface area contributed by atoms with Crippen molar-refractivity contribution in [2.45, 2.75) is 19.0 Å². The molecular weight excluding hydrogens is 284 g/mol. The van der Waals surface area contributed by atoms with Crippen LogP contribution >= 0.6 is 0 Å². The number of nitrogens with zero attached hydrogens (tertiary/aromatic N) is 2. The number of nitrogens with two attached hydrogens (primary N) is 1. The number of rotatable bonds is 6. The predicted molar refractivity (Wildman–Crippen MR) is 80.9 cm³/mol. The second kappa shape index (κ2) is 7.37. The fraction of sp³-hybridized carbons (Fsp3) is 0.267. The molecule has 0 bridgehead atoms. The van der Waals surface area contributed by atoms with Gasteiger partial charge in [-0.15, -0.1) is 0 Å². The number of carbonyl (C=O) groups excluding carboxylic acids is 2. The van der Waals surface area contributed by atoms with Crippen molar-refractivity contribution in [3.8, 4) is 0 Å². The second-order valence-corrected chi connectivity index (χ2v) is 4.74. The van der Waals surface area contributed by atoms with Crippen molar-refractivity contribution in [1.29, 1.82) is 0 Å². The van der Waals surface area contributed by atoms with Crippen LogP contribution in [-0.2, 0) is 20.9 Å². The molecule has 0 saturated heterocycles. The lowest BCUT2D eigenvalue weighted by atomic mass is 10.0. The van der Waals surface area contributed by atoms with Crippen molar-refractivity contribution in [3.63, 3.8) is 0 Å². The van der Waals surface area contributed by atoms with Gasteiger partial charge in [-0.3, -0.25) is 14.3 Å². The molecule has 7 heteroatoms. The fourth-order valence-corrected chi connectivity index (χ4v) is 1.92. The number of esters is 1. The number of hydrogen-bond acceptors (Lipinski definition) is 5. The third kappa shape index (κ3) is 4.42. The minimum atomic E-state index is -0.410. The molecule has 0 saturated carbocycles. The van der Waals surface area contributed by atoms with Gasteiger partial charge in [-0.2, -0.15) is 5.10 Å². The molecule has 0 aliphatic rings. The topological polar surface area (TPSA) is 99.2 Å². The van der Waals surface area contributed by atoms with E-state index >= 15 is 0 Å². The second-order valence-electron chi connectivity index (χ2n) is 4.74. The average molecular weight is 302 g/mol. The standard InChI is InChI=1S/C15H18N4O3/c1-22-15(21)10-19-8-7-13(18-19)17-14(20)9-12(16)11-5-3-2-4-6-11/h2-8,12H,9-10,16H2,1H3,(H,17,18,20). The van der Waals surface area contributed by atoms with Gasteiger partial charge in [-0.1, -0.05) is 30.3 Å². The number of ether oxygens (including phenoxy) is 1. The Kier molecular flexibility index (Phi) is 5.26. The number of carbonyl (C=O) groups is 2. The van der Waals surface area contributed by atoms with Crippen LogP contribution in [0, 0.1) is 0 Å². The van der Waals surface area contributed by atoms with Gasteiger partial charge in [0, 0.05) is 24.7 Å². The Morgan fingerprint density at radius 2 is 2.05 bits per heavy atom. The van der Waals surface area contributed by atoms with Crippen LogP contribution in [0.4, 0.5) is 5.82 Å². The molecule has 7 nitrogen and oxygen atoms in total. The summed E-state index contributed by atoms with van der Waals surface area (Å²) in [6.07, 6.45) is 1.73. The SMILES string of the molecule is COC(=O)Cn1ccc(NC(=O)CC(N)c2ccccc2)n1. The van der Waals surface area contributed by atoms with Crippen LogP contribution in [0.25, 0.3) is 0 Å². The fourth-order valence-electron chi connectivity index (χ4n) is 1.92. The maximum Gasteiger partial charge on any atom is 0.327 e. The summed E-state index contributed by atoms with van der Waals surface area (Å²) in [5.74, 6) is -0.277. The van der Waals surface area contributed by atoms with Gasteiger partial charge in [-0.05, 0) is 5.56 Å². The van der Waals surface area contributed by atoms with E-state index in [0.717, 1.165) is 5.56 Å². The first-order chi connectivity index (χ1) is 10.6. The van der Waals surface area contributed by atoms with Gasteiger partial charge in [0.15, 0.2) is 5.82 Å². The first-order valence-corrected chi connectivity index (χ1v) is 6.79. The van der Waals surface area contributed by atoms with Crippen LogP contribution in [-0.4, -0.2) is 28.8 Å². The lowest BCUT2D eigenvalue weighted by Gasteiger charge is -2.11. The largest absolute Gasteiger partial charge is 0.468 e. The van der Waals surface area contributed by atoms with E-state index in [-0.39, 0.29) is 24.9 Å². The molecule has 0 aliphatic heterocycles. The molecule has 3 N–H and O–H groups in total.